The van der Waals surface area contributed by atoms with Gasteiger partial charge >= 0.3 is 0 Å². The molecule has 0 saturated heterocycles. The van der Waals surface area contributed by atoms with Gasteiger partial charge in [0, 0.05) is 34.8 Å². The molecular formula is C16H14ClF2N. The van der Waals surface area contributed by atoms with Crippen molar-refractivity contribution in [3.63, 3.8) is 0 Å². The van der Waals surface area contributed by atoms with Gasteiger partial charge in [0.15, 0.2) is 0 Å². The first-order valence-electron chi connectivity index (χ1n) is 6.59. The van der Waals surface area contributed by atoms with Crippen LogP contribution in [0.5, 0.6) is 0 Å². The Kier molecular flexibility index (Phi) is 3.62. The largest absolute Gasteiger partial charge is 0.384 e. The van der Waals surface area contributed by atoms with Gasteiger partial charge in [-0.1, -0.05) is 35.9 Å². The van der Waals surface area contributed by atoms with Crippen molar-refractivity contribution in [1.29, 1.82) is 0 Å². The molecule has 0 saturated carbocycles. The number of alkyl halides is 1. The van der Waals surface area contributed by atoms with Gasteiger partial charge in [0.05, 0.1) is 0 Å². The van der Waals surface area contributed by atoms with Gasteiger partial charge in [-0.05, 0) is 24.1 Å². The van der Waals surface area contributed by atoms with E-state index in [2.05, 4.69) is 5.32 Å². The quantitative estimate of drug-likeness (QED) is 0.865. The molecule has 3 rings (SSSR count). The van der Waals surface area contributed by atoms with E-state index >= 15 is 0 Å². The van der Waals surface area contributed by atoms with E-state index < -0.39 is 12.0 Å². The Morgan fingerprint density at radius 2 is 2.00 bits per heavy atom. The standard InChI is InChI=1S/C16H14ClF2N/c17-13-5-2-6-14(18)12(13)9-15(19)11-4-1-3-10-7-8-20-16(10)11/h1-6,15,20H,7-9H2. The van der Waals surface area contributed by atoms with E-state index in [-0.39, 0.29) is 17.0 Å². The minimum absolute atomic E-state index is 0.0519. The number of nitrogens with one attached hydrogen (secondary N) is 1. The van der Waals surface area contributed by atoms with Crippen molar-refractivity contribution < 1.29 is 8.78 Å². The number of hydrogen-bond donors (Lipinski definition) is 1. The van der Waals surface area contributed by atoms with Crippen molar-refractivity contribution in [3.8, 4) is 0 Å². The normalized spacial score (nSPS) is 14.8. The number of rotatable bonds is 3. The van der Waals surface area contributed by atoms with Crippen LogP contribution in [0.25, 0.3) is 0 Å². The second kappa shape index (κ2) is 5.41. The molecule has 1 atom stereocenters. The maximum atomic E-state index is 14.6. The monoisotopic (exact) mass is 293 g/mol. The van der Waals surface area contributed by atoms with E-state index in [1.807, 2.05) is 12.1 Å². The fraction of sp³-hybridized carbons (Fsp3) is 0.250. The lowest BCUT2D eigenvalue weighted by atomic mass is 9.98. The van der Waals surface area contributed by atoms with Crippen LogP contribution < -0.4 is 5.32 Å². The molecule has 1 aliphatic rings. The summed E-state index contributed by atoms with van der Waals surface area (Å²) >= 11 is 5.96. The highest BCUT2D eigenvalue weighted by molar-refractivity contribution is 6.31. The average molecular weight is 294 g/mol. The summed E-state index contributed by atoms with van der Waals surface area (Å²) in [6.07, 6.45) is -0.426. The highest BCUT2D eigenvalue weighted by Gasteiger charge is 2.22. The van der Waals surface area contributed by atoms with E-state index in [4.69, 9.17) is 11.6 Å². The van der Waals surface area contributed by atoms with E-state index in [1.165, 1.54) is 12.1 Å². The van der Waals surface area contributed by atoms with E-state index in [0.29, 0.717) is 5.56 Å². The molecule has 0 aliphatic carbocycles. The second-order valence-electron chi connectivity index (χ2n) is 4.93. The third-order valence-corrected chi connectivity index (χ3v) is 4.02. The average Bonchev–Trinajstić information content (AvgIpc) is 2.91. The lowest BCUT2D eigenvalue weighted by Crippen LogP contribution is -2.03. The van der Waals surface area contributed by atoms with Crippen LogP contribution >= 0.6 is 11.6 Å². The molecular weight excluding hydrogens is 280 g/mol. The van der Waals surface area contributed by atoms with Crippen molar-refractivity contribution in [3.05, 3.63) is 63.9 Å². The second-order valence-corrected chi connectivity index (χ2v) is 5.34. The minimum atomic E-state index is -1.27. The van der Waals surface area contributed by atoms with Gasteiger partial charge in [0.1, 0.15) is 12.0 Å². The summed E-state index contributed by atoms with van der Waals surface area (Å²) in [5.74, 6) is -0.458. The molecule has 1 N–H and O–H groups in total. The summed E-state index contributed by atoms with van der Waals surface area (Å²) in [5.41, 5.74) is 2.79. The Bertz CT molecular complexity index is 622. The Morgan fingerprint density at radius 3 is 2.80 bits per heavy atom. The zero-order valence-corrected chi connectivity index (χ0v) is 11.6. The predicted octanol–water partition coefficient (Wildman–Crippen LogP) is 4.70. The molecule has 1 aliphatic heterocycles. The van der Waals surface area contributed by atoms with Crippen LogP contribution in [0, 0.1) is 5.82 Å². The van der Waals surface area contributed by atoms with Gasteiger partial charge in [0.25, 0.3) is 0 Å². The third kappa shape index (κ3) is 2.38. The van der Waals surface area contributed by atoms with Crippen LogP contribution in [0.15, 0.2) is 36.4 Å². The molecule has 0 fully saturated rings. The fourth-order valence-electron chi connectivity index (χ4n) is 2.64. The maximum absolute atomic E-state index is 14.6. The van der Waals surface area contributed by atoms with Crippen LogP contribution in [0.4, 0.5) is 14.5 Å². The first-order chi connectivity index (χ1) is 9.66. The lowest BCUT2D eigenvalue weighted by molar-refractivity contribution is 0.339. The number of anilines is 1. The van der Waals surface area contributed by atoms with Gasteiger partial charge < -0.3 is 5.32 Å². The fourth-order valence-corrected chi connectivity index (χ4v) is 2.88. The number of para-hydroxylation sites is 1. The summed E-state index contributed by atoms with van der Waals surface area (Å²) in [5, 5.41) is 3.47. The Labute approximate surface area is 121 Å². The Morgan fingerprint density at radius 1 is 1.20 bits per heavy atom. The smallest absolute Gasteiger partial charge is 0.131 e. The molecule has 104 valence electrons. The van der Waals surface area contributed by atoms with Gasteiger partial charge in [-0.3, -0.25) is 0 Å². The summed E-state index contributed by atoms with van der Waals surface area (Å²) in [4.78, 5) is 0. The number of fused-ring (bicyclic) bond motifs is 1. The SMILES string of the molecule is Fc1cccc(Cl)c1CC(F)c1cccc2c1NCC2. The summed E-state index contributed by atoms with van der Waals surface area (Å²) in [7, 11) is 0. The van der Waals surface area contributed by atoms with Crippen LogP contribution in [-0.4, -0.2) is 6.54 Å². The topological polar surface area (TPSA) is 12.0 Å². The molecule has 20 heavy (non-hydrogen) atoms. The molecule has 0 aromatic heterocycles. The van der Waals surface area contributed by atoms with Gasteiger partial charge in [0.2, 0.25) is 0 Å². The van der Waals surface area contributed by atoms with Crippen LogP contribution in [0.1, 0.15) is 22.9 Å². The van der Waals surface area contributed by atoms with Gasteiger partial charge in [-0.15, -0.1) is 0 Å². The highest BCUT2D eigenvalue weighted by Crippen LogP contribution is 2.35. The first kappa shape index (κ1) is 13.4. The number of halogens is 3. The maximum Gasteiger partial charge on any atom is 0.131 e. The summed E-state index contributed by atoms with van der Waals surface area (Å²) in [6, 6.07) is 9.99. The Hall–Kier alpha value is -1.61. The molecule has 0 spiro atoms. The molecule has 0 amide bonds. The van der Waals surface area contributed by atoms with Crippen molar-refractivity contribution in [2.75, 3.05) is 11.9 Å². The lowest BCUT2D eigenvalue weighted by Gasteiger charge is -2.14. The molecule has 2 aromatic carbocycles. The van der Waals surface area contributed by atoms with Gasteiger partial charge in [-0.2, -0.15) is 0 Å². The van der Waals surface area contributed by atoms with Crippen LogP contribution in [-0.2, 0) is 12.8 Å². The van der Waals surface area contributed by atoms with Crippen molar-refractivity contribution in [2.45, 2.75) is 19.0 Å². The third-order valence-electron chi connectivity index (χ3n) is 3.66. The van der Waals surface area contributed by atoms with Gasteiger partial charge in [-0.25, -0.2) is 8.78 Å². The highest BCUT2D eigenvalue weighted by atomic mass is 35.5. The molecule has 0 radical (unpaired) electrons. The number of benzene rings is 2. The molecule has 4 heteroatoms. The summed E-state index contributed by atoms with van der Waals surface area (Å²) in [6.45, 7) is 0.819. The van der Waals surface area contributed by atoms with Crippen molar-refractivity contribution in [1.82, 2.24) is 0 Å². The molecule has 2 aromatic rings. The molecule has 1 nitrogen and oxygen atoms in total. The Balaban J connectivity index is 1.91. The predicted molar refractivity (Wildman–Crippen MR) is 77.6 cm³/mol. The number of hydrogen-bond acceptors (Lipinski definition) is 1. The minimum Gasteiger partial charge on any atom is -0.384 e. The van der Waals surface area contributed by atoms with Crippen LogP contribution in [0.2, 0.25) is 5.02 Å². The van der Waals surface area contributed by atoms with Crippen molar-refractivity contribution in [2.24, 2.45) is 0 Å². The molecule has 0 bridgehead atoms. The molecule has 1 heterocycles. The first-order valence-corrected chi connectivity index (χ1v) is 6.97. The zero-order chi connectivity index (χ0) is 14.1. The van der Waals surface area contributed by atoms with Crippen molar-refractivity contribution >= 4 is 17.3 Å². The van der Waals surface area contributed by atoms with Crippen LogP contribution in [0.3, 0.4) is 0 Å². The summed E-state index contributed by atoms with van der Waals surface area (Å²) < 4.78 is 28.3. The zero-order valence-electron chi connectivity index (χ0n) is 10.8. The van der Waals surface area contributed by atoms with E-state index in [1.54, 1.807) is 12.1 Å². The molecule has 1 unspecified atom stereocenters. The van der Waals surface area contributed by atoms with E-state index in [9.17, 15) is 8.78 Å². The van der Waals surface area contributed by atoms with E-state index in [0.717, 1.165) is 24.2 Å².